The predicted molar refractivity (Wildman–Crippen MR) is 94.1 cm³/mol. The Hall–Kier alpha value is -2.11. The molecule has 1 aromatic heterocycles. The first-order chi connectivity index (χ1) is 10.5. The zero-order valence-electron chi connectivity index (χ0n) is 13.3. The molecule has 0 radical (unpaired) electrons. The molecular weight excluding hydrogens is 314 g/mol. The van der Waals surface area contributed by atoms with Crippen molar-refractivity contribution in [2.24, 2.45) is 5.73 Å². The summed E-state index contributed by atoms with van der Waals surface area (Å²) in [6, 6.07) is 12.6. The van der Waals surface area contributed by atoms with Crippen LogP contribution in [-0.4, -0.2) is 16.4 Å². The maximum Gasteiger partial charge on any atom is 0.244 e. The third kappa shape index (κ3) is 5.54. The van der Waals surface area contributed by atoms with Gasteiger partial charge in [-0.05, 0) is 31.5 Å². The summed E-state index contributed by atoms with van der Waals surface area (Å²) < 4.78 is 5.64. The van der Waals surface area contributed by atoms with Gasteiger partial charge in [-0.2, -0.15) is 0 Å². The lowest BCUT2D eigenvalue weighted by molar-refractivity contribution is -0.120. The molecule has 2 rings (SSSR count). The molecule has 1 atom stereocenters. The van der Waals surface area contributed by atoms with Gasteiger partial charge in [0.25, 0.3) is 0 Å². The Balaban J connectivity index is 0.00000264. The van der Waals surface area contributed by atoms with Crippen LogP contribution in [0.1, 0.15) is 26.7 Å². The molecule has 1 amide bonds. The lowest BCUT2D eigenvalue weighted by Gasteiger charge is -2.22. The van der Waals surface area contributed by atoms with E-state index in [4.69, 9.17) is 10.5 Å². The Morgan fingerprint density at radius 3 is 2.74 bits per heavy atom. The predicted octanol–water partition coefficient (Wildman–Crippen LogP) is 3.75. The van der Waals surface area contributed by atoms with Crippen molar-refractivity contribution in [1.29, 1.82) is 0 Å². The third-order valence-corrected chi connectivity index (χ3v) is 3.24. The molecule has 3 N–H and O–H groups in total. The second-order valence-corrected chi connectivity index (χ2v) is 5.42. The monoisotopic (exact) mass is 335 g/mol. The number of carbonyl (C=O) groups is 1. The van der Waals surface area contributed by atoms with Crippen LogP contribution in [0.2, 0.25) is 0 Å². The number of anilines is 1. The van der Waals surface area contributed by atoms with Crippen LogP contribution in [0.5, 0.6) is 11.6 Å². The minimum Gasteiger partial charge on any atom is -0.439 e. The highest BCUT2D eigenvalue weighted by atomic mass is 35.5. The molecule has 0 aliphatic heterocycles. The molecule has 0 saturated heterocycles. The summed E-state index contributed by atoms with van der Waals surface area (Å²) >= 11 is 0. The Morgan fingerprint density at radius 1 is 1.30 bits per heavy atom. The zero-order chi connectivity index (χ0) is 16.0. The van der Waals surface area contributed by atoms with Crippen LogP contribution in [0.15, 0.2) is 48.7 Å². The first-order valence-corrected chi connectivity index (χ1v) is 7.30. The highest BCUT2D eigenvalue weighted by Crippen LogP contribution is 2.23. The molecule has 1 unspecified atom stereocenters. The minimum atomic E-state index is -0.882. The average molecular weight is 336 g/mol. The first kappa shape index (κ1) is 18.9. The van der Waals surface area contributed by atoms with Crippen LogP contribution in [0, 0.1) is 0 Å². The van der Waals surface area contributed by atoms with E-state index < -0.39 is 5.54 Å². The van der Waals surface area contributed by atoms with Gasteiger partial charge in [0.1, 0.15) is 5.75 Å². The normalized spacial score (nSPS) is 12.7. The number of halogens is 1. The van der Waals surface area contributed by atoms with Gasteiger partial charge in [0, 0.05) is 24.0 Å². The van der Waals surface area contributed by atoms with Crippen molar-refractivity contribution in [2.75, 3.05) is 5.32 Å². The van der Waals surface area contributed by atoms with E-state index in [1.54, 1.807) is 37.4 Å². The van der Waals surface area contributed by atoms with Crippen LogP contribution in [0.4, 0.5) is 5.69 Å². The maximum atomic E-state index is 12.2. The molecule has 2 aromatic rings. The molecule has 0 aliphatic carbocycles. The number of nitrogens with one attached hydrogen (secondary N) is 1. The van der Waals surface area contributed by atoms with Crippen LogP contribution < -0.4 is 15.8 Å². The molecule has 1 aromatic carbocycles. The molecule has 0 aliphatic rings. The number of nitrogens with two attached hydrogens (primary N) is 1. The first-order valence-electron chi connectivity index (χ1n) is 7.30. The molecule has 5 nitrogen and oxygen atoms in total. The number of hydrogen-bond acceptors (Lipinski definition) is 4. The summed E-state index contributed by atoms with van der Waals surface area (Å²) in [7, 11) is 0. The van der Waals surface area contributed by atoms with E-state index >= 15 is 0 Å². The summed E-state index contributed by atoms with van der Waals surface area (Å²) in [4.78, 5) is 16.3. The molecule has 6 heteroatoms. The largest absolute Gasteiger partial charge is 0.439 e. The number of aromatic nitrogens is 1. The molecule has 0 fully saturated rings. The summed E-state index contributed by atoms with van der Waals surface area (Å²) in [6.07, 6.45) is 3.14. The fraction of sp³-hybridized carbons (Fsp3) is 0.294. The highest BCUT2D eigenvalue weighted by molar-refractivity contribution is 5.97. The standard InChI is InChI=1S/C17H21N3O2.ClH/c1-3-10-17(2,18)16(21)20-13-7-6-8-14(12-13)22-15-9-4-5-11-19-15;/h4-9,11-12H,3,10,18H2,1-2H3,(H,20,21);1H. The van der Waals surface area contributed by atoms with Crippen molar-refractivity contribution in [3.05, 3.63) is 48.7 Å². The summed E-state index contributed by atoms with van der Waals surface area (Å²) in [5.74, 6) is 0.899. The van der Waals surface area contributed by atoms with Gasteiger partial charge in [0.15, 0.2) is 0 Å². The lowest BCUT2D eigenvalue weighted by atomic mass is 9.96. The SMILES string of the molecule is CCCC(C)(N)C(=O)Nc1cccc(Oc2ccccn2)c1.Cl. The number of hydrogen-bond donors (Lipinski definition) is 2. The van der Waals surface area contributed by atoms with E-state index in [9.17, 15) is 4.79 Å². The second kappa shape index (κ2) is 8.50. The summed E-state index contributed by atoms with van der Waals surface area (Å²) in [5.41, 5.74) is 5.79. The Morgan fingerprint density at radius 2 is 2.09 bits per heavy atom. The van der Waals surface area contributed by atoms with E-state index in [0.717, 1.165) is 6.42 Å². The number of carbonyl (C=O) groups excluding carboxylic acids is 1. The molecule has 0 bridgehead atoms. The van der Waals surface area contributed by atoms with Crippen molar-refractivity contribution in [3.8, 4) is 11.6 Å². The molecule has 1 heterocycles. The average Bonchev–Trinajstić information content (AvgIpc) is 2.48. The van der Waals surface area contributed by atoms with Crippen molar-refractivity contribution in [2.45, 2.75) is 32.2 Å². The number of rotatable bonds is 6. The second-order valence-electron chi connectivity index (χ2n) is 5.42. The Kier molecular flexibility index (Phi) is 7.00. The van der Waals surface area contributed by atoms with Gasteiger partial charge in [-0.25, -0.2) is 4.98 Å². The van der Waals surface area contributed by atoms with Gasteiger partial charge in [-0.15, -0.1) is 12.4 Å². The topological polar surface area (TPSA) is 77.2 Å². The van der Waals surface area contributed by atoms with Crippen LogP contribution in [0.3, 0.4) is 0 Å². The van der Waals surface area contributed by atoms with Gasteiger partial charge >= 0.3 is 0 Å². The Labute approximate surface area is 142 Å². The summed E-state index contributed by atoms with van der Waals surface area (Å²) in [6.45, 7) is 3.74. The molecule has 0 spiro atoms. The van der Waals surface area contributed by atoms with E-state index in [1.807, 2.05) is 25.1 Å². The van der Waals surface area contributed by atoms with Crippen molar-refractivity contribution in [1.82, 2.24) is 4.98 Å². The molecule has 0 saturated carbocycles. The van der Waals surface area contributed by atoms with Crippen molar-refractivity contribution < 1.29 is 9.53 Å². The number of nitrogens with zero attached hydrogens (tertiary/aromatic N) is 1. The molecular formula is C17H22ClN3O2. The van der Waals surface area contributed by atoms with Crippen molar-refractivity contribution >= 4 is 24.0 Å². The summed E-state index contributed by atoms with van der Waals surface area (Å²) in [5, 5.41) is 2.83. The smallest absolute Gasteiger partial charge is 0.244 e. The van der Waals surface area contributed by atoms with Gasteiger partial charge < -0.3 is 15.8 Å². The van der Waals surface area contributed by atoms with Crippen molar-refractivity contribution in [3.63, 3.8) is 0 Å². The third-order valence-electron chi connectivity index (χ3n) is 3.24. The van der Waals surface area contributed by atoms with Gasteiger partial charge in [0.05, 0.1) is 5.54 Å². The maximum absolute atomic E-state index is 12.2. The molecule has 124 valence electrons. The number of benzene rings is 1. The van der Waals surface area contributed by atoms with Gasteiger partial charge in [-0.1, -0.05) is 25.5 Å². The minimum absolute atomic E-state index is 0. The fourth-order valence-corrected chi connectivity index (χ4v) is 2.07. The van der Waals surface area contributed by atoms with Crippen LogP contribution in [0.25, 0.3) is 0 Å². The Bertz CT molecular complexity index is 633. The van der Waals surface area contributed by atoms with Gasteiger partial charge in [0.2, 0.25) is 11.8 Å². The number of pyridine rings is 1. The fourth-order valence-electron chi connectivity index (χ4n) is 2.07. The highest BCUT2D eigenvalue weighted by Gasteiger charge is 2.27. The van der Waals surface area contributed by atoms with E-state index in [0.29, 0.717) is 23.7 Å². The quantitative estimate of drug-likeness (QED) is 0.842. The zero-order valence-corrected chi connectivity index (χ0v) is 14.1. The molecule has 23 heavy (non-hydrogen) atoms. The van der Waals surface area contributed by atoms with E-state index in [1.165, 1.54) is 0 Å². The van der Waals surface area contributed by atoms with E-state index in [2.05, 4.69) is 10.3 Å². The number of amides is 1. The van der Waals surface area contributed by atoms with Crippen LogP contribution in [-0.2, 0) is 4.79 Å². The van der Waals surface area contributed by atoms with E-state index in [-0.39, 0.29) is 18.3 Å². The number of ether oxygens (including phenoxy) is 1. The van der Waals surface area contributed by atoms with Gasteiger partial charge in [-0.3, -0.25) is 4.79 Å². The van der Waals surface area contributed by atoms with Crippen LogP contribution >= 0.6 is 12.4 Å². The lowest BCUT2D eigenvalue weighted by Crippen LogP contribution is -2.48.